The minimum Gasteiger partial charge on any atom is -0.490 e. The summed E-state index contributed by atoms with van der Waals surface area (Å²) in [6.45, 7) is 0.514. The van der Waals surface area contributed by atoms with Crippen LogP contribution in [-0.2, 0) is 14.3 Å². The fourth-order valence-electron chi connectivity index (χ4n) is 1.59. The summed E-state index contributed by atoms with van der Waals surface area (Å²) in [7, 11) is 1.28. The lowest BCUT2D eigenvalue weighted by molar-refractivity contribution is -0.143. The number of carbonyl (C=O) groups excluding carboxylic acids is 2. The van der Waals surface area contributed by atoms with Crippen LogP contribution in [0.1, 0.15) is 25.7 Å². The Morgan fingerprint density at radius 1 is 1.15 bits per heavy atom. The molecule has 0 unspecified atom stereocenters. The van der Waals surface area contributed by atoms with Crippen molar-refractivity contribution in [3.05, 3.63) is 42.5 Å². The molecule has 0 aliphatic heterocycles. The molecule has 1 aromatic rings. The van der Waals surface area contributed by atoms with E-state index < -0.39 is 5.97 Å². The van der Waals surface area contributed by atoms with Crippen molar-refractivity contribution in [3.63, 3.8) is 0 Å². The standard InChI is InChI=1S/C16H20O4/c1-19-16(18)13-14(17)9-5-2-3-8-12-20-15-10-6-4-7-11-15/h3-4,6-8,10-11H,2,5,9,12-13H2,1H3/b8-3+. The molecule has 0 aromatic heterocycles. The molecule has 20 heavy (non-hydrogen) atoms. The lowest BCUT2D eigenvalue weighted by Crippen LogP contribution is -2.08. The Morgan fingerprint density at radius 3 is 2.60 bits per heavy atom. The van der Waals surface area contributed by atoms with E-state index in [1.807, 2.05) is 42.5 Å². The van der Waals surface area contributed by atoms with E-state index in [0.717, 1.165) is 18.6 Å². The number of hydrogen-bond donors (Lipinski definition) is 0. The number of allylic oxidation sites excluding steroid dienone is 1. The molecule has 1 aromatic carbocycles. The number of Topliss-reactive ketones (excluding diaryl/α,β-unsaturated/α-hetero) is 1. The lowest BCUT2D eigenvalue weighted by Gasteiger charge is -2.01. The van der Waals surface area contributed by atoms with Crippen molar-refractivity contribution in [3.8, 4) is 5.75 Å². The molecule has 0 atom stereocenters. The number of hydrogen-bond acceptors (Lipinski definition) is 4. The van der Waals surface area contributed by atoms with Crippen molar-refractivity contribution >= 4 is 11.8 Å². The van der Waals surface area contributed by atoms with Gasteiger partial charge in [-0.3, -0.25) is 9.59 Å². The summed E-state index contributed by atoms with van der Waals surface area (Å²) in [5.74, 6) is 0.290. The monoisotopic (exact) mass is 276 g/mol. The van der Waals surface area contributed by atoms with Gasteiger partial charge in [0.05, 0.1) is 7.11 Å². The van der Waals surface area contributed by atoms with Crippen LogP contribution in [0.4, 0.5) is 0 Å². The summed E-state index contributed by atoms with van der Waals surface area (Å²) in [5.41, 5.74) is 0. The number of rotatable bonds is 9. The molecule has 4 nitrogen and oxygen atoms in total. The third-order valence-electron chi connectivity index (χ3n) is 2.65. The summed E-state index contributed by atoms with van der Waals surface area (Å²) in [4.78, 5) is 22.2. The maximum atomic E-state index is 11.3. The first-order valence-electron chi connectivity index (χ1n) is 6.63. The highest BCUT2D eigenvalue weighted by Crippen LogP contribution is 2.08. The molecule has 0 bridgehead atoms. The van der Waals surface area contributed by atoms with E-state index in [1.165, 1.54) is 7.11 Å². The topological polar surface area (TPSA) is 52.6 Å². The number of benzene rings is 1. The van der Waals surface area contributed by atoms with Crippen LogP contribution < -0.4 is 4.74 Å². The van der Waals surface area contributed by atoms with E-state index in [0.29, 0.717) is 13.0 Å². The average molecular weight is 276 g/mol. The van der Waals surface area contributed by atoms with Gasteiger partial charge in [0, 0.05) is 6.42 Å². The number of ketones is 1. The van der Waals surface area contributed by atoms with Crippen LogP contribution >= 0.6 is 0 Å². The summed E-state index contributed by atoms with van der Waals surface area (Å²) in [6, 6.07) is 9.59. The molecular weight excluding hydrogens is 256 g/mol. The van der Waals surface area contributed by atoms with Gasteiger partial charge in [-0.1, -0.05) is 30.4 Å². The first-order chi connectivity index (χ1) is 9.72. The zero-order valence-electron chi connectivity index (χ0n) is 11.7. The van der Waals surface area contributed by atoms with E-state index in [1.54, 1.807) is 0 Å². The summed E-state index contributed by atoms with van der Waals surface area (Å²) in [6.07, 6.45) is 5.71. The molecule has 0 amide bonds. The van der Waals surface area contributed by atoms with Crippen molar-refractivity contribution in [2.45, 2.75) is 25.7 Å². The quantitative estimate of drug-likeness (QED) is 0.301. The molecule has 0 saturated carbocycles. The predicted molar refractivity (Wildman–Crippen MR) is 76.6 cm³/mol. The average Bonchev–Trinajstić information content (AvgIpc) is 2.47. The second kappa shape index (κ2) is 9.78. The number of methoxy groups -OCH3 is 1. The largest absolute Gasteiger partial charge is 0.490 e. The van der Waals surface area contributed by atoms with Gasteiger partial charge in [0.15, 0.2) is 0 Å². The van der Waals surface area contributed by atoms with E-state index in [4.69, 9.17) is 4.74 Å². The van der Waals surface area contributed by atoms with Gasteiger partial charge < -0.3 is 9.47 Å². The van der Waals surface area contributed by atoms with Gasteiger partial charge in [0.1, 0.15) is 24.6 Å². The Labute approximate surface area is 119 Å². The van der Waals surface area contributed by atoms with E-state index in [-0.39, 0.29) is 12.2 Å². The smallest absolute Gasteiger partial charge is 0.313 e. The van der Waals surface area contributed by atoms with Gasteiger partial charge in [-0.15, -0.1) is 0 Å². The molecule has 0 fully saturated rings. The van der Waals surface area contributed by atoms with Crippen LogP contribution in [0.3, 0.4) is 0 Å². The minimum atomic E-state index is -0.471. The molecule has 0 heterocycles. The van der Waals surface area contributed by atoms with Crippen molar-refractivity contribution < 1.29 is 19.1 Å². The fourth-order valence-corrected chi connectivity index (χ4v) is 1.59. The highest BCUT2D eigenvalue weighted by Gasteiger charge is 2.08. The van der Waals surface area contributed by atoms with Crippen LogP contribution in [0.2, 0.25) is 0 Å². The maximum Gasteiger partial charge on any atom is 0.313 e. The molecular formula is C16H20O4. The van der Waals surface area contributed by atoms with Crippen molar-refractivity contribution in [2.24, 2.45) is 0 Å². The van der Waals surface area contributed by atoms with Gasteiger partial charge >= 0.3 is 5.97 Å². The normalized spacial score (nSPS) is 10.4. The number of para-hydroxylation sites is 1. The summed E-state index contributed by atoms with van der Waals surface area (Å²) >= 11 is 0. The highest BCUT2D eigenvalue weighted by molar-refractivity contribution is 5.95. The molecule has 0 aliphatic rings. The van der Waals surface area contributed by atoms with E-state index in [2.05, 4.69) is 4.74 Å². The van der Waals surface area contributed by atoms with Crippen molar-refractivity contribution in [1.82, 2.24) is 0 Å². The summed E-state index contributed by atoms with van der Waals surface area (Å²) < 4.78 is 9.92. The van der Waals surface area contributed by atoms with Crippen LogP contribution in [0.25, 0.3) is 0 Å². The Hall–Kier alpha value is -2.10. The van der Waals surface area contributed by atoms with Crippen LogP contribution in [0.5, 0.6) is 5.75 Å². The Morgan fingerprint density at radius 2 is 1.90 bits per heavy atom. The molecule has 0 saturated heterocycles. The van der Waals surface area contributed by atoms with Crippen LogP contribution in [0.15, 0.2) is 42.5 Å². The number of carbonyl (C=O) groups is 2. The van der Waals surface area contributed by atoms with E-state index >= 15 is 0 Å². The van der Waals surface area contributed by atoms with Crippen molar-refractivity contribution in [1.29, 1.82) is 0 Å². The van der Waals surface area contributed by atoms with Crippen LogP contribution in [0, 0.1) is 0 Å². The summed E-state index contributed by atoms with van der Waals surface area (Å²) in [5, 5.41) is 0. The Kier molecular flexibility index (Phi) is 7.80. The predicted octanol–water partition coefficient (Wildman–Crippen LogP) is 2.92. The molecule has 0 N–H and O–H groups in total. The lowest BCUT2D eigenvalue weighted by atomic mass is 10.1. The SMILES string of the molecule is COC(=O)CC(=O)CCC/C=C/COc1ccccc1. The van der Waals surface area contributed by atoms with Crippen molar-refractivity contribution in [2.75, 3.05) is 13.7 Å². The molecule has 108 valence electrons. The second-order valence-electron chi connectivity index (χ2n) is 4.28. The van der Waals surface area contributed by atoms with Gasteiger partial charge in [-0.2, -0.15) is 0 Å². The minimum absolute atomic E-state index is 0.0780. The maximum absolute atomic E-state index is 11.3. The van der Waals surface area contributed by atoms with Gasteiger partial charge in [0.25, 0.3) is 0 Å². The third kappa shape index (κ3) is 7.36. The van der Waals surface area contributed by atoms with E-state index in [9.17, 15) is 9.59 Å². The fraction of sp³-hybridized carbons (Fsp3) is 0.375. The second-order valence-corrected chi connectivity index (χ2v) is 4.28. The molecule has 0 radical (unpaired) electrons. The number of ether oxygens (including phenoxy) is 2. The van der Waals surface area contributed by atoms with Gasteiger partial charge in [-0.25, -0.2) is 0 Å². The number of esters is 1. The molecule has 0 spiro atoms. The molecule has 0 aliphatic carbocycles. The molecule has 1 rings (SSSR count). The van der Waals surface area contributed by atoms with Gasteiger partial charge in [-0.05, 0) is 25.0 Å². The zero-order valence-corrected chi connectivity index (χ0v) is 11.7. The third-order valence-corrected chi connectivity index (χ3v) is 2.65. The van der Waals surface area contributed by atoms with Gasteiger partial charge in [0.2, 0.25) is 0 Å². The van der Waals surface area contributed by atoms with Crippen LogP contribution in [-0.4, -0.2) is 25.5 Å². The highest BCUT2D eigenvalue weighted by atomic mass is 16.5. The molecule has 4 heteroatoms. The number of unbranched alkanes of at least 4 members (excludes halogenated alkanes) is 1. The Balaban J connectivity index is 2.05. The first-order valence-corrected chi connectivity index (χ1v) is 6.63. The zero-order chi connectivity index (χ0) is 14.6. The Bertz CT molecular complexity index is 437. The first kappa shape index (κ1) is 16.0.